The number of hydrogen-bond acceptors (Lipinski definition) is 5. The lowest BCUT2D eigenvalue weighted by molar-refractivity contribution is -0.142. The van der Waals surface area contributed by atoms with Gasteiger partial charge >= 0.3 is 5.97 Å². The number of amides is 1. The van der Waals surface area contributed by atoms with Crippen molar-refractivity contribution in [3.05, 3.63) is 16.1 Å². The number of aromatic nitrogens is 1. The summed E-state index contributed by atoms with van der Waals surface area (Å²) in [5.74, 6) is -1.75. The summed E-state index contributed by atoms with van der Waals surface area (Å²) in [7, 11) is 0. The fourth-order valence-corrected chi connectivity index (χ4v) is 2.95. The highest BCUT2D eigenvalue weighted by molar-refractivity contribution is 7.13. The maximum Gasteiger partial charge on any atom is 0.311 e. The monoisotopic (exact) mass is 284 g/mol. The van der Waals surface area contributed by atoms with E-state index in [0.29, 0.717) is 11.4 Å². The van der Waals surface area contributed by atoms with Crippen molar-refractivity contribution in [2.24, 2.45) is 5.92 Å². The number of carbonyl (C=O) groups excluding carboxylic acids is 1. The molecule has 1 aliphatic rings. The van der Waals surface area contributed by atoms with Crippen LogP contribution in [-0.4, -0.2) is 52.7 Å². The predicted molar refractivity (Wildman–Crippen MR) is 69.3 cm³/mol. The summed E-state index contributed by atoms with van der Waals surface area (Å²) in [6.07, 6.45) is 1.54. The van der Waals surface area contributed by atoms with Crippen LogP contribution in [0.2, 0.25) is 0 Å². The topological polar surface area (TPSA) is 79.7 Å². The average Bonchev–Trinajstić information content (AvgIpc) is 2.98. The van der Waals surface area contributed by atoms with E-state index >= 15 is 0 Å². The van der Waals surface area contributed by atoms with E-state index in [-0.39, 0.29) is 19.1 Å². The number of thiazole rings is 1. The third kappa shape index (κ3) is 2.76. The number of likely N-dealkylation sites (N-methyl/N-ethyl adjacent to an activating group) is 1. The molecule has 2 unspecified atom stereocenters. The Morgan fingerprint density at radius 3 is 2.84 bits per heavy atom. The third-order valence-electron chi connectivity index (χ3n) is 3.20. The SMILES string of the molecule is CCN(C(=O)c1cnc(C)s1)C1COCC1C(=O)O. The van der Waals surface area contributed by atoms with E-state index < -0.39 is 17.9 Å². The van der Waals surface area contributed by atoms with E-state index in [1.165, 1.54) is 17.5 Å². The van der Waals surface area contributed by atoms with Crippen molar-refractivity contribution in [1.29, 1.82) is 0 Å². The van der Waals surface area contributed by atoms with Crippen molar-refractivity contribution in [2.45, 2.75) is 19.9 Å². The molecule has 0 saturated carbocycles. The van der Waals surface area contributed by atoms with Gasteiger partial charge in [0.2, 0.25) is 0 Å². The number of hydrogen-bond donors (Lipinski definition) is 1. The number of ether oxygens (including phenoxy) is 1. The molecule has 1 aromatic rings. The van der Waals surface area contributed by atoms with Gasteiger partial charge in [-0.15, -0.1) is 11.3 Å². The molecule has 19 heavy (non-hydrogen) atoms. The van der Waals surface area contributed by atoms with Gasteiger partial charge in [0.05, 0.1) is 30.5 Å². The summed E-state index contributed by atoms with van der Waals surface area (Å²) < 4.78 is 5.22. The van der Waals surface area contributed by atoms with Crippen LogP contribution in [0, 0.1) is 12.8 Å². The van der Waals surface area contributed by atoms with Crippen LogP contribution in [-0.2, 0) is 9.53 Å². The zero-order chi connectivity index (χ0) is 14.0. The molecule has 0 aromatic carbocycles. The fourth-order valence-electron chi connectivity index (χ4n) is 2.22. The van der Waals surface area contributed by atoms with Gasteiger partial charge in [-0.2, -0.15) is 0 Å². The predicted octanol–water partition coefficient (Wildman–Crippen LogP) is 1.01. The second kappa shape index (κ2) is 5.66. The molecule has 1 aromatic heterocycles. The standard InChI is InChI=1S/C12H16N2O4S/c1-3-14(9-6-18-5-8(9)12(16)17)11(15)10-4-13-7(2)19-10/h4,8-9H,3,5-6H2,1-2H3,(H,16,17). The highest BCUT2D eigenvalue weighted by atomic mass is 32.1. The van der Waals surface area contributed by atoms with Gasteiger partial charge in [-0.1, -0.05) is 0 Å². The lowest BCUT2D eigenvalue weighted by atomic mass is 10.0. The molecule has 2 atom stereocenters. The first-order valence-electron chi connectivity index (χ1n) is 6.08. The van der Waals surface area contributed by atoms with Gasteiger partial charge < -0.3 is 14.7 Å². The number of carbonyl (C=O) groups is 2. The second-order valence-electron chi connectivity index (χ2n) is 4.38. The Bertz CT molecular complexity index is 488. The van der Waals surface area contributed by atoms with Crippen LogP contribution in [0.15, 0.2) is 6.20 Å². The second-order valence-corrected chi connectivity index (χ2v) is 5.62. The zero-order valence-electron chi connectivity index (χ0n) is 10.8. The zero-order valence-corrected chi connectivity index (χ0v) is 11.6. The van der Waals surface area contributed by atoms with Crippen LogP contribution in [0.1, 0.15) is 21.6 Å². The Morgan fingerprint density at radius 2 is 2.32 bits per heavy atom. The van der Waals surface area contributed by atoms with Gasteiger partial charge in [0.25, 0.3) is 5.91 Å². The average molecular weight is 284 g/mol. The number of nitrogens with zero attached hydrogens (tertiary/aromatic N) is 2. The number of aryl methyl sites for hydroxylation is 1. The molecule has 0 radical (unpaired) electrons. The molecule has 0 spiro atoms. The summed E-state index contributed by atoms with van der Waals surface area (Å²) in [5, 5.41) is 9.97. The van der Waals surface area contributed by atoms with Crippen molar-refractivity contribution in [2.75, 3.05) is 19.8 Å². The van der Waals surface area contributed by atoms with Gasteiger partial charge in [0.1, 0.15) is 10.8 Å². The van der Waals surface area contributed by atoms with Crippen molar-refractivity contribution >= 4 is 23.2 Å². The summed E-state index contributed by atoms with van der Waals surface area (Å²) in [5.41, 5.74) is 0. The van der Waals surface area contributed by atoms with Gasteiger partial charge in [-0.3, -0.25) is 9.59 Å². The van der Waals surface area contributed by atoms with E-state index in [1.807, 2.05) is 13.8 Å². The Kier molecular flexibility index (Phi) is 4.16. The largest absolute Gasteiger partial charge is 0.481 e. The van der Waals surface area contributed by atoms with E-state index in [0.717, 1.165) is 5.01 Å². The van der Waals surface area contributed by atoms with E-state index in [1.54, 1.807) is 4.90 Å². The minimum Gasteiger partial charge on any atom is -0.481 e. The molecule has 1 fully saturated rings. The van der Waals surface area contributed by atoms with Crippen LogP contribution >= 0.6 is 11.3 Å². The maximum absolute atomic E-state index is 12.4. The maximum atomic E-state index is 12.4. The van der Waals surface area contributed by atoms with Gasteiger partial charge in [0, 0.05) is 6.54 Å². The minimum absolute atomic E-state index is 0.158. The lowest BCUT2D eigenvalue weighted by Crippen LogP contribution is -2.46. The first-order chi connectivity index (χ1) is 9.04. The molecule has 2 rings (SSSR count). The number of rotatable bonds is 4. The number of aliphatic carboxylic acids is 1. The molecule has 1 aliphatic heterocycles. The molecular formula is C12H16N2O4S. The minimum atomic E-state index is -0.922. The fraction of sp³-hybridized carbons (Fsp3) is 0.583. The molecule has 0 bridgehead atoms. The molecule has 0 aliphatic carbocycles. The Morgan fingerprint density at radius 1 is 1.58 bits per heavy atom. The van der Waals surface area contributed by atoms with Crippen molar-refractivity contribution < 1.29 is 19.4 Å². The summed E-state index contributed by atoms with van der Waals surface area (Å²) in [6.45, 7) is 4.55. The van der Waals surface area contributed by atoms with Crippen LogP contribution in [0.25, 0.3) is 0 Å². The normalized spacial score (nSPS) is 22.4. The molecule has 1 saturated heterocycles. The van der Waals surface area contributed by atoms with Crippen LogP contribution in [0.3, 0.4) is 0 Å². The third-order valence-corrected chi connectivity index (χ3v) is 4.10. The highest BCUT2D eigenvalue weighted by Crippen LogP contribution is 2.23. The molecule has 1 N–H and O–H groups in total. The smallest absolute Gasteiger partial charge is 0.311 e. The molecule has 6 nitrogen and oxygen atoms in total. The summed E-state index contributed by atoms with van der Waals surface area (Å²) >= 11 is 1.32. The molecule has 104 valence electrons. The van der Waals surface area contributed by atoms with Crippen molar-refractivity contribution in [3.63, 3.8) is 0 Å². The Balaban J connectivity index is 2.20. The van der Waals surface area contributed by atoms with Gasteiger partial charge in [-0.05, 0) is 13.8 Å². The van der Waals surface area contributed by atoms with Gasteiger partial charge in [0.15, 0.2) is 0 Å². The number of carboxylic acids is 1. The summed E-state index contributed by atoms with van der Waals surface area (Å²) in [6, 6.07) is -0.405. The first kappa shape index (κ1) is 14.0. The van der Waals surface area contributed by atoms with Crippen LogP contribution < -0.4 is 0 Å². The van der Waals surface area contributed by atoms with Crippen molar-refractivity contribution in [3.8, 4) is 0 Å². The van der Waals surface area contributed by atoms with Crippen LogP contribution in [0.5, 0.6) is 0 Å². The highest BCUT2D eigenvalue weighted by Gasteiger charge is 2.39. The summed E-state index contributed by atoms with van der Waals surface area (Å²) in [4.78, 5) is 29.7. The Labute approximate surface area is 115 Å². The quantitative estimate of drug-likeness (QED) is 0.892. The van der Waals surface area contributed by atoms with E-state index in [2.05, 4.69) is 4.98 Å². The van der Waals surface area contributed by atoms with Crippen molar-refractivity contribution in [1.82, 2.24) is 9.88 Å². The van der Waals surface area contributed by atoms with Crippen LogP contribution in [0.4, 0.5) is 0 Å². The molecular weight excluding hydrogens is 268 g/mol. The lowest BCUT2D eigenvalue weighted by Gasteiger charge is -2.28. The molecule has 1 amide bonds. The van der Waals surface area contributed by atoms with E-state index in [9.17, 15) is 9.59 Å². The molecule has 2 heterocycles. The Hall–Kier alpha value is -1.47. The van der Waals surface area contributed by atoms with Gasteiger partial charge in [-0.25, -0.2) is 4.98 Å². The van der Waals surface area contributed by atoms with E-state index in [4.69, 9.17) is 9.84 Å². The number of carboxylic acid groups (broad SMARTS) is 1. The first-order valence-corrected chi connectivity index (χ1v) is 6.90. The molecule has 7 heteroatoms.